The van der Waals surface area contributed by atoms with Crippen molar-refractivity contribution in [2.45, 2.75) is 6.92 Å². The molecule has 0 saturated carbocycles. The maximum absolute atomic E-state index is 11.1. The fraction of sp³-hybridized carbons (Fsp3) is 0.375. The van der Waals surface area contributed by atoms with E-state index < -0.39 is 6.03 Å². The van der Waals surface area contributed by atoms with Crippen LogP contribution in [0.5, 0.6) is 0 Å². The predicted molar refractivity (Wildman–Crippen MR) is 48.8 cm³/mol. The number of rotatable bonds is 1. The molecule has 5 nitrogen and oxygen atoms in total. The van der Waals surface area contributed by atoms with E-state index in [1.54, 1.807) is 27.1 Å². The first-order chi connectivity index (χ1) is 5.94. The van der Waals surface area contributed by atoms with E-state index in [-0.39, 0.29) is 4.48 Å². The molecule has 69 valence electrons. The Labute approximate surface area is 76.8 Å². The van der Waals surface area contributed by atoms with Gasteiger partial charge in [0.15, 0.2) is 0 Å². The average molecular weight is 180 g/mol. The van der Waals surface area contributed by atoms with Gasteiger partial charge in [0.05, 0.1) is 20.3 Å². The number of amides is 2. The van der Waals surface area contributed by atoms with Gasteiger partial charge in [-0.2, -0.15) is 9.47 Å². The number of hydrogen-bond donors (Lipinski definition) is 1. The number of nitrogens with zero attached hydrogens (tertiary/aromatic N) is 3. The Morgan fingerprint density at radius 3 is 2.69 bits per heavy atom. The quantitative estimate of drug-likeness (QED) is 0.629. The third-order valence-electron chi connectivity index (χ3n) is 1.82. The van der Waals surface area contributed by atoms with Crippen LogP contribution in [-0.4, -0.2) is 30.1 Å². The lowest BCUT2D eigenvalue weighted by Crippen LogP contribution is -2.50. The van der Waals surface area contributed by atoms with Gasteiger partial charge < -0.3 is 5.73 Å². The highest BCUT2D eigenvalue weighted by atomic mass is 16.2. The molecule has 0 spiro atoms. The molecule has 5 heteroatoms. The number of carbonyl (C=O) groups is 1. The van der Waals surface area contributed by atoms with Crippen molar-refractivity contribution in [3.05, 3.63) is 18.1 Å². The first-order valence-corrected chi connectivity index (χ1v) is 3.81. The smallest absolute Gasteiger partial charge is 0.319 e. The number of hydrogen-bond acceptors (Lipinski definition) is 3. The lowest BCUT2D eigenvalue weighted by Gasteiger charge is -2.21. The molecule has 0 saturated heterocycles. The molecule has 2 amide bonds. The number of aryl methyl sites for hydroxylation is 1. The van der Waals surface area contributed by atoms with Crippen LogP contribution < -0.4 is 10.2 Å². The molecule has 0 aliphatic carbocycles. The Morgan fingerprint density at radius 1 is 1.62 bits per heavy atom. The zero-order chi connectivity index (χ0) is 10.1. The highest BCUT2D eigenvalue weighted by Crippen LogP contribution is 2.13. The van der Waals surface area contributed by atoms with E-state index in [9.17, 15) is 4.79 Å². The monoisotopic (exact) mass is 180 g/mol. The molecule has 13 heavy (non-hydrogen) atoms. The Bertz CT molecular complexity index is 335. The summed E-state index contributed by atoms with van der Waals surface area (Å²) in [6, 6.07) is 1.09. The van der Waals surface area contributed by atoms with E-state index in [1.165, 1.54) is 0 Å². The molecule has 1 aromatic heterocycles. The van der Waals surface area contributed by atoms with Crippen molar-refractivity contribution in [3.8, 4) is 0 Å². The standard InChI is InChI=1S/C8H11N4O/c1-6-10-5-4-7(11-6)12(2,3)8(9)13/h4H,1-3H3,(H-,9,13)/p+1. The second kappa shape index (κ2) is 3.10. The Kier molecular flexibility index (Phi) is 2.29. The van der Waals surface area contributed by atoms with Crippen LogP contribution in [0.2, 0.25) is 0 Å². The second-order valence-corrected chi connectivity index (χ2v) is 3.19. The van der Waals surface area contributed by atoms with Crippen molar-refractivity contribution in [3.63, 3.8) is 0 Å². The van der Waals surface area contributed by atoms with Gasteiger partial charge in [0.25, 0.3) is 0 Å². The van der Waals surface area contributed by atoms with E-state index in [0.717, 1.165) is 0 Å². The van der Waals surface area contributed by atoms with Gasteiger partial charge in [0.2, 0.25) is 5.82 Å². The van der Waals surface area contributed by atoms with E-state index in [0.29, 0.717) is 11.6 Å². The first kappa shape index (κ1) is 9.60. The average Bonchev–Trinajstić information content (AvgIpc) is 2.04. The first-order valence-electron chi connectivity index (χ1n) is 3.81. The van der Waals surface area contributed by atoms with Crippen LogP contribution in [0.15, 0.2) is 6.07 Å². The second-order valence-electron chi connectivity index (χ2n) is 3.19. The lowest BCUT2D eigenvalue weighted by atomic mass is 10.4. The SMILES string of the molecule is Cc1n[c]cc([N+](C)(C)C(N)=O)n1. The summed E-state index contributed by atoms with van der Waals surface area (Å²) in [5, 5.41) is 0. The molecule has 0 fully saturated rings. The minimum absolute atomic E-state index is 0.0974. The molecule has 1 aromatic rings. The molecular formula is C8H12N4O+. The lowest BCUT2D eigenvalue weighted by molar-refractivity contribution is 0.226. The highest BCUT2D eigenvalue weighted by molar-refractivity contribution is 5.83. The summed E-state index contributed by atoms with van der Waals surface area (Å²) < 4.78 is -0.0974. The van der Waals surface area contributed by atoms with E-state index in [1.807, 2.05) is 0 Å². The molecule has 2 N–H and O–H groups in total. The van der Waals surface area contributed by atoms with Crippen LogP contribution in [0, 0.1) is 13.1 Å². The van der Waals surface area contributed by atoms with Gasteiger partial charge in [-0.25, -0.2) is 9.78 Å². The molecule has 0 aromatic carbocycles. The van der Waals surface area contributed by atoms with Gasteiger partial charge in [-0.15, -0.1) is 0 Å². The molecule has 1 radical (unpaired) electrons. The third kappa shape index (κ3) is 1.81. The van der Waals surface area contributed by atoms with Gasteiger partial charge >= 0.3 is 6.03 Å². The fourth-order valence-electron chi connectivity index (χ4n) is 0.806. The van der Waals surface area contributed by atoms with E-state index >= 15 is 0 Å². The molecule has 0 unspecified atom stereocenters. The molecule has 0 aliphatic rings. The summed E-state index contributed by atoms with van der Waals surface area (Å²) in [6.45, 7) is 1.74. The van der Waals surface area contributed by atoms with E-state index in [2.05, 4.69) is 16.2 Å². The zero-order valence-corrected chi connectivity index (χ0v) is 7.90. The van der Waals surface area contributed by atoms with Crippen molar-refractivity contribution in [2.75, 3.05) is 14.1 Å². The summed E-state index contributed by atoms with van der Waals surface area (Å²) in [5.74, 6) is 1.12. The van der Waals surface area contributed by atoms with Gasteiger partial charge in [0, 0.05) is 6.07 Å². The van der Waals surface area contributed by atoms with Crippen molar-refractivity contribution in [1.29, 1.82) is 0 Å². The number of primary amides is 1. The van der Waals surface area contributed by atoms with E-state index in [4.69, 9.17) is 5.73 Å². The third-order valence-corrected chi connectivity index (χ3v) is 1.82. The molecule has 1 heterocycles. The number of quaternary nitrogens is 1. The highest BCUT2D eigenvalue weighted by Gasteiger charge is 2.28. The number of urea groups is 1. The summed E-state index contributed by atoms with van der Waals surface area (Å²) in [4.78, 5) is 19.0. The number of nitrogens with two attached hydrogens (primary N) is 1. The van der Waals surface area contributed by atoms with Crippen LogP contribution >= 0.6 is 0 Å². The van der Waals surface area contributed by atoms with Crippen LogP contribution in [0.3, 0.4) is 0 Å². The Hall–Kier alpha value is -1.49. The topological polar surface area (TPSA) is 68.9 Å². The van der Waals surface area contributed by atoms with Gasteiger partial charge in [0.1, 0.15) is 5.82 Å². The summed E-state index contributed by atoms with van der Waals surface area (Å²) >= 11 is 0. The Balaban J connectivity index is 3.14. The van der Waals surface area contributed by atoms with Crippen LogP contribution in [0.1, 0.15) is 5.82 Å². The summed E-state index contributed by atoms with van der Waals surface area (Å²) in [7, 11) is 3.33. The zero-order valence-electron chi connectivity index (χ0n) is 7.90. The van der Waals surface area contributed by atoms with Crippen molar-refractivity contribution in [2.24, 2.45) is 5.73 Å². The van der Waals surface area contributed by atoms with Crippen LogP contribution in [0.25, 0.3) is 0 Å². The van der Waals surface area contributed by atoms with Crippen LogP contribution in [-0.2, 0) is 0 Å². The largest absolute Gasteiger partial charge is 0.419 e. The summed E-state index contributed by atoms with van der Waals surface area (Å²) in [5.41, 5.74) is 5.21. The van der Waals surface area contributed by atoms with Gasteiger partial charge in [-0.3, -0.25) is 0 Å². The van der Waals surface area contributed by atoms with Crippen molar-refractivity contribution in [1.82, 2.24) is 14.5 Å². The van der Waals surface area contributed by atoms with Crippen LogP contribution in [0.4, 0.5) is 10.6 Å². The summed E-state index contributed by atoms with van der Waals surface area (Å²) in [6.07, 6.45) is 2.65. The molecule has 0 aliphatic heterocycles. The van der Waals surface area contributed by atoms with Crippen molar-refractivity contribution < 1.29 is 4.79 Å². The minimum Gasteiger partial charge on any atom is -0.319 e. The van der Waals surface area contributed by atoms with Gasteiger partial charge in [-0.1, -0.05) is 0 Å². The fourth-order valence-corrected chi connectivity index (χ4v) is 0.806. The molecule has 1 rings (SSSR count). The molecular weight excluding hydrogens is 168 g/mol. The molecule has 0 atom stereocenters. The van der Waals surface area contributed by atoms with Crippen molar-refractivity contribution >= 4 is 11.8 Å². The number of carbonyl (C=O) groups excluding carboxylic acids is 1. The normalized spacial score (nSPS) is 11.3. The maximum Gasteiger partial charge on any atom is 0.419 e. The maximum atomic E-state index is 11.1. The Morgan fingerprint density at radius 2 is 2.23 bits per heavy atom. The van der Waals surface area contributed by atoms with Gasteiger partial charge in [-0.05, 0) is 6.92 Å². The minimum atomic E-state index is -0.466. The number of aromatic nitrogens is 2. The molecule has 0 bridgehead atoms. The predicted octanol–water partition coefficient (Wildman–Crippen LogP) is 0.231.